The van der Waals surface area contributed by atoms with Crippen LogP contribution in [0.3, 0.4) is 0 Å². The lowest BCUT2D eigenvalue weighted by Crippen LogP contribution is -2.16. The summed E-state index contributed by atoms with van der Waals surface area (Å²) < 4.78 is 39.9. The summed E-state index contributed by atoms with van der Waals surface area (Å²) in [4.78, 5) is 10.2. The van der Waals surface area contributed by atoms with Crippen LogP contribution in [0.2, 0.25) is 0 Å². The fourth-order valence-corrected chi connectivity index (χ4v) is 3.90. The molecule has 0 spiro atoms. The maximum Gasteiger partial charge on any atom is 0.347 e. The van der Waals surface area contributed by atoms with E-state index in [0.29, 0.717) is 5.56 Å². The number of nitrogens with one attached hydrogen (secondary N) is 1. The summed E-state index contributed by atoms with van der Waals surface area (Å²) in [5.74, 6) is -2.06. The first-order valence-corrected chi connectivity index (χ1v) is 7.77. The largest absolute Gasteiger partial charge is 0.477 e. The summed E-state index contributed by atoms with van der Waals surface area (Å²) in [6, 6.07) is 5.19. The second-order valence-corrected chi connectivity index (χ2v) is 6.57. The molecule has 1 heterocycles. The first-order chi connectivity index (χ1) is 9.31. The van der Waals surface area contributed by atoms with Gasteiger partial charge in [-0.1, -0.05) is 6.07 Å². The molecule has 0 saturated heterocycles. The number of carboxylic acid groups (broad SMARTS) is 1. The number of sulfonamides is 1. The monoisotopic (exact) mass is 315 g/mol. The van der Waals surface area contributed by atoms with E-state index in [1.807, 2.05) is 0 Å². The molecule has 2 rings (SSSR count). The van der Waals surface area contributed by atoms with Gasteiger partial charge in [0.15, 0.2) is 0 Å². The minimum absolute atomic E-state index is 0.224. The second kappa shape index (κ2) is 5.22. The molecule has 0 amide bonds. The number of hydrogen-bond donors (Lipinski definition) is 2. The molecule has 0 aliphatic heterocycles. The van der Waals surface area contributed by atoms with Crippen LogP contribution in [0.5, 0.6) is 0 Å². The van der Waals surface area contributed by atoms with Crippen LogP contribution in [0.15, 0.2) is 34.5 Å². The van der Waals surface area contributed by atoms with E-state index in [4.69, 9.17) is 5.11 Å². The highest BCUT2D eigenvalue weighted by atomic mass is 32.2. The normalized spacial score (nSPS) is 11.3. The molecular weight excluding hydrogens is 305 g/mol. The molecule has 5 nitrogen and oxygen atoms in total. The van der Waals surface area contributed by atoms with Crippen molar-refractivity contribution in [2.75, 3.05) is 4.72 Å². The summed E-state index contributed by atoms with van der Waals surface area (Å²) in [6.45, 7) is 1.67. The van der Waals surface area contributed by atoms with Crippen molar-refractivity contribution in [3.63, 3.8) is 0 Å². The van der Waals surface area contributed by atoms with E-state index in [1.165, 1.54) is 23.6 Å². The third kappa shape index (κ3) is 2.81. The van der Waals surface area contributed by atoms with Crippen molar-refractivity contribution in [1.29, 1.82) is 0 Å². The molecule has 1 aromatic heterocycles. The highest BCUT2D eigenvalue weighted by molar-refractivity contribution is 7.93. The van der Waals surface area contributed by atoms with Crippen molar-refractivity contribution >= 4 is 33.0 Å². The number of rotatable bonds is 4. The van der Waals surface area contributed by atoms with Gasteiger partial charge in [0.1, 0.15) is 15.6 Å². The Morgan fingerprint density at radius 2 is 2.05 bits per heavy atom. The summed E-state index contributed by atoms with van der Waals surface area (Å²) in [6.07, 6.45) is 0. The molecule has 0 radical (unpaired) electrons. The van der Waals surface area contributed by atoms with Gasteiger partial charge in [-0.3, -0.25) is 4.72 Å². The van der Waals surface area contributed by atoms with Crippen molar-refractivity contribution in [3.05, 3.63) is 45.9 Å². The van der Waals surface area contributed by atoms with Crippen molar-refractivity contribution in [1.82, 2.24) is 0 Å². The van der Waals surface area contributed by atoms with Gasteiger partial charge in [-0.05, 0) is 36.1 Å². The van der Waals surface area contributed by atoms with Gasteiger partial charge in [0.25, 0.3) is 10.0 Å². The molecule has 20 heavy (non-hydrogen) atoms. The fourth-order valence-electron chi connectivity index (χ4n) is 1.57. The third-order valence-corrected chi connectivity index (χ3v) is 4.92. The van der Waals surface area contributed by atoms with Crippen LogP contribution < -0.4 is 4.72 Å². The number of hydrogen-bond acceptors (Lipinski definition) is 4. The topological polar surface area (TPSA) is 83.5 Å². The van der Waals surface area contributed by atoms with Crippen molar-refractivity contribution in [2.45, 2.75) is 11.8 Å². The Kier molecular flexibility index (Phi) is 3.78. The van der Waals surface area contributed by atoms with Crippen LogP contribution in [0.25, 0.3) is 0 Å². The Morgan fingerprint density at radius 1 is 1.35 bits per heavy atom. The molecule has 0 aliphatic rings. The van der Waals surface area contributed by atoms with Crippen molar-refractivity contribution in [2.24, 2.45) is 0 Å². The first kappa shape index (κ1) is 14.5. The highest BCUT2D eigenvalue weighted by Gasteiger charge is 2.24. The number of carbonyl (C=O) groups is 1. The quantitative estimate of drug-likeness (QED) is 0.908. The van der Waals surface area contributed by atoms with E-state index in [2.05, 4.69) is 4.72 Å². The van der Waals surface area contributed by atoms with Crippen LogP contribution >= 0.6 is 11.3 Å². The lowest BCUT2D eigenvalue weighted by atomic mass is 10.2. The van der Waals surface area contributed by atoms with Gasteiger partial charge < -0.3 is 5.11 Å². The molecule has 0 unspecified atom stereocenters. The predicted octanol–water partition coefficient (Wildman–Crippen LogP) is 2.69. The minimum atomic E-state index is -4.14. The Balaban J connectivity index is 2.41. The third-order valence-electron chi connectivity index (χ3n) is 2.48. The van der Waals surface area contributed by atoms with Gasteiger partial charge in [0.05, 0.1) is 5.69 Å². The van der Waals surface area contributed by atoms with Crippen LogP contribution in [0, 0.1) is 12.7 Å². The Bertz CT molecular complexity index is 768. The van der Waals surface area contributed by atoms with E-state index >= 15 is 0 Å². The minimum Gasteiger partial charge on any atom is -0.477 e. The molecule has 0 bridgehead atoms. The summed E-state index contributed by atoms with van der Waals surface area (Å²) in [7, 11) is -4.14. The lowest BCUT2D eigenvalue weighted by molar-refractivity contribution is 0.0698. The molecule has 0 saturated carbocycles. The number of thiophene rings is 1. The molecule has 0 fully saturated rings. The molecule has 8 heteroatoms. The van der Waals surface area contributed by atoms with Crippen LogP contribution in [-0.2, 0) is 10.0 Å². The number of aryl methyl sites for hydroxylation is 1. The molecular formula is C12H10FNO4S2. The fraction of sp³-hybridized carbons (Fsp3) is 0.0833. The maximum absolute atomic E-state index is 13.6. The van der Waals surface area contributed by atoms with Crippen molar-refractivity contribution < 1.29 is 22.7 Å². The van der Waals surface area contributed by atoms with Crippen LogP contribution in [0.1, 0.15) is 15.2 Å². The number of carboxylic acids is 1. The smallest absolute Gasteiger partial charge is 0.347 e. The number of aromatic carboxylic acids is 1. The van der Waals surface area contributed by atoms with Gasteiger partial charge in [-0.25, -0.2) is 17.6 Å². The summed E-state index contributed by atoms with van der Waals surface area (Å²) >= 11 is 0.789. The zero-order chi connectivity index (χ0) is 14.9. The molecule has 1 aromatic carbocycles. The summed E-state index contributed by atoms with van der Waals surface area (Å²) in [5.41, 5.74) is 0.422. The zero-order valence-electron chi connectivity index (χ0n) is 10.3. The van der Waals surface area contributed by atoms with E-state index in [0.717, 1.165) is 11.3 Å². The molecule has 0 atom stereocenters. The van der Waals surface area contributed by atoms with Gasteiger partial charge >= 0.3 is 5.97 Å². The maximum atomic E-state index is 13.6. The van der Waals surface area contributed by atoms with Gasteiger partial charge in [0.2, 0.25) is 0 Å². The SMILES string of the molecule is Cc1ccc(NS(=O)(=O)c2ccsc2C(=O)O)c(F)c1. The Morgan fingerprint density at radius 3 is 2.65 bits per heavy atom. The van der Waals surface area contributed by atoms with Crippen molar-refractivity contribution in [3.8, 4) is 0 Å². The lowest BCUT2D eigenvalue weighted by Gasteiger charge is -2.09. The van der Waals surface area contributed by atoms with E-state index in [-0.39, 0.29) is 15.5 Å². The van der Waals surface area contributed by atoms with Gasteiger partial charge in [0, 0.05) is 0 Å². The number of halogens is 1. The molecule has 2 aromatic rings. The number of benzene rings is 1. The Hall–Kier alpha value is -1.93. The average Bonchev–Trinajstić information content (AvgIpc) is 2.82. The average molecular weight is 315 g/mol. The van der Waals surface area contributed by atoms with Gasteiger partial charge in [-0.15, -0.1) is 11.3 Å². The van der Waals surface area contributed by atoms with Crippen LogP contribution in [-0.4, -0.2) is 19.5 Å². The van der Waals surface area contributed by atoms with E-state index in [1.54, 1.807) is 13.0 Å². The predicted molar refractivity (Wildman–Crippen MR) is 73.2 cm³/mol. The van der Waals surface area contributed by atoms with E-state index < -0.39 is 21.8 Å². The first-order valence-electron chi connectivity index (χ1n) is 5.41. The zero-order valence-corrected chi connectivity index (χ0v) is 11.9. The van der Waals surface area contributed by atoms with Crippen LogP contribution in [0.4, 0.5) is 10.1 Å². The number of anilines is 1. The molecule has 106 valence electrons. The highest BCUT2D eigenvalue weighted by Crippen LogP contribution is 2.25. The molecule has 0 aliphatic carbocycles. The van der Waals surface area contributed by atoms with E-state index in [9.17, 15) is 17.6 Å². The Labute approximate surface area is 118 Å². The standard InChI is InChI=1S/C12H10FNO4S2/c1-7-2-3-9(8(13)6-7)14-20(17,18)10-4-5-19-11(10)12(15)16/h2-6,14H,1H3,(H,15,16). The summed E-state index contributed by atoms with van der Waals surface area (Å²) in [5, 5.41) is 10.3. The van der Waals surface area contributed by atoms with Gasteiger partial charge in [-0.2, -0.15) is 0 Å². The second-order valence-electron chi connectivity index (χ2n) is 4.01. The molecule has 2 N–H and O–H groups in total.